The van der Waals surface area contributed by atoms with E-state index >= 15 is 0 Å². The Labute approximate surface area is 90.2 Å². The van der Waals surface area contributed by atoms with E-state index in [1.54, 1.807) is 6.21 Å². The van der Waals surface area contributed by atoms with Gasteiger partial charge in [0.2, 0.25) is 5.91 Å². The molecule has 1 N–H and O–H groups in total. The molecule has 0 aliphatic rings. The minimum Gasteiger partial charge on any atom is -0.274 e. The molecule has 15 heavy (non-hydrogen) atoms. The number of aryl methyl sites for hydroxylation is 3. The average Bonchev–Trinajstić information content (AvgIpc) is 2.08. The van der Waals surface area contributed by atoms with E-state index in [-0.39, 0.29) is 5.91 Å². The second-order valence-corrected chi connectivity index (χ2v) is 3.74. The van der Waals surface area contributed by atoms with Gasteiger partial charge >= 0.3 is 0 Å². The number of carbonyl (C=O) groups is 1. The van der Waals surface area contributed by atoms with Gasteiger partial charge in [-0.3, -0.25) is 4.79 Å². The predicted molar refractivity (Wildman–Crippen MR) is 62.1 cm³/mol. The highest BCUT2D eigenvalue weighted by Crippen LogP contribution is 2.13. The maximum atomic E-state index is 10.6. The first-order chi connectivity index (χ1) is 7.00. The molecule has 80 valence electrons. The van der Waals surface area contributed by atoms with Gasteiger partial charge in [0, 0.05) is 12.5 Å². The Balaban J connectivity index is 2.94. The van der Waals surface area contributed by atoms with Crippen LogP contribution in [0.5, 0.6) is 0 Å². The molecule has 1 aromatic carbocycles. The summed E-state index contributed by atoms with van der Waals surface area (Å²) in [6, 6.07) is 4.20. The summed E-state index contributed by atoms with van der Waals surface area (Å²) < 4.78 is 0. The summed E-state index contributed by atoms with van der Waals surface area (Å²) in [6.45, 7) is 7.57. The van der Waals surface area contributed by atoms with Crippen LogP contribution in [0.3, 0.4) is 0 Å². The van der Waals surface area contributed by atoms with Crippen molar-refractivity contribution in [2.24, 2.45) is 5.10 Å². The molecule has 1 amide bonds. The zero-order valence-corrected chi connectivity index (χ0v) is 9.59. The first kappa shape index (κ1) is 11.4. The van der Waals surface area contributed by atoms with Gasteiger partial charge in [-0.2, -0.15) is 5.10 Å². The topological polar surface area (TPSA) is 41.5 Å². The standard InChI is InChI=1S/C12H16N2O/c1-8-5-9(2)12(10(3)6-8)7-13-14-11(4)15/h5-7H,1-4H3,(H,14,15)/b13-7-. The van der Waals surface area contributed by atoms with Crippen molar-refractivity contribution in [1.29, 1.82) is 0 Å². The lowest BCUT2D eigenvalue weighted by molar-refractivity contribution is -0.118. The minimum atomic E-state index is -0.159. The third kappa shape index (κ3) is 3.20. The zero-order chi connectivity index (χ0) is 11.4. The van der Waals surface area contributed by atoms with Gasteiger partial charge in [-0.1, -0.05) is 17.7 Å². The van der Waals surface area contributed by atoms with Gasteiger partial charge in [-0.05, 0) is 31.9 Å². The number of nitrogens with one attached hydrogen (secondary N) is 1. The van der Waals surface area contributed by atoms with Gasteiger partial charge in [-0.15, -0.1) is 0 Å². The molecule has 0 aromatic heterocycles. The lowest BCUT2D eigenvalue weighted by Gasteiger charge is -2.06. The molecule has 0 bridgehead atoms. The second kappa shape index (κ2) is 4.73. The molecular formula is C12H16N2O. The minimum absolute atomic E-state index is 0.159. The van der Waals surface area contributed by atoms with E-state index in [0.29, 0.717) is 0 Å². The molecule has 1 rings (SSSR count). The molecule has 1 aromatic rings. The van der Waals surface area contributed by atoms with Gasteiger partial charge in [-0.25, -0.2) is 5.43 Å². The second-order valence-electron chi connectivity index (χ2n) is 3.74. The third-order valence-electron chi connectivity index (χ3n) is 2.15. The monoisotopic (exact) mass is 204 g/mol. The van der Waals surface area contributed by atoms with Crippen LogP contribution in [0.25, 0.3) is 0 Å². The summed E-state index contributed by atoms with van der Waals surface area (Å²) in [5.41, 5.74) is 7.03. The maximum absolute atomic E-state index is 10.6. The third-order valence-corrected chi connectivity index (χ3v) is 2.15. The van der Waals surface area contributed by atoms with Crippen molar-refractivity contribution in [2.75, 3.05) is 0 Å². The van der Waals surface area contributed by atoms with E-state index in [2.05, 4.69) is 29.6 Å². The highest BCUT2D eigenvalue weighted by Gasteiger charge is 2.00. The fraction of sp³-hybridized carbons (Fsp3) is 0.333. The van der Waals surface area contributed by atoms with Gasteiger partial charge in [0.05, 0.1) is 6.21 Å². The molecule has 0 aliphatic carbocycles. The Morgan fingerprint density at radius 1 is 1.27 bits per heavy atom. The molecule has 0 saturated heterocycles. The maximum Gasteiger partial charge on any atom is 0.236 e. The normalized spacial score (nSPS) is 10.7. The highest BCUT2D eigenvalue weighted by atomic mass is 16.2. The average molecular weight is 204 g/mol. The van der Waals surface area contributed by atoms with Crippen molar-refractivity contribution in [2.45, 2.75) is 27.7 Å². The van der Waals surface area contributed by atoms with Gasteiger partial charge in [0.1, 0.15) is 0 Å². The lowest BCUT2D eigenvalue weighted by atomic mass is 10.0. The number of hydrogen-bond donors (Lipinski definition) is 1. The van der Waals surface area contributed by atoms with Crippen molar-refractivity contribution in [1.82, 2.24) is 5.43 Å². The summed E-state index contributed by atoms with van der Waals surface area (Å²) in [4.78, 5) is 10.6. The number of carbonyl (C=O) groups excluding carboxylic acids is 1. The van der Waals surface area contributed by atoms with Crippen molar-refractivity contribution in [3.8, 4) is 0 Å². The zero-order valence-electron chi connectivity index (χ0n) is 9.59. The van der Waals surface area contributed by atoms with Crippen LogP contribution in [-0.2, 0) is 4.79 Å². The summed E-state index contributed by atoms with van der Waals surface area (Å²) >= 11 is 0. The molecule has 0 saturated carbocycles. The van der Waals surface area contributed by atoms with E-state index in [0.717, 1.165) is 5.56 Å². The van der Waals surface area contributed by atoms with Crippen LogP contribution in [0.2, 0.25) is 0 Å². The molecule has 0 aliphatic heterocycles. The van der Waals surface area contributed by atoms with E-state index < -0.39 is 0 Å². The molecule has 0 heterocycles. The molecule has 0 atom stereocenters. The van der Waals surface area contributed by atoms with Crippen molar-refractivity contribution >= 4 is 12.1 Å². The molecule has 3 nitrogen and oxygen atoms in total. The van der Waals surface area contributed by atoms with Crippen LogP contribution >= 0.6 is 0 Å². The predicted octanol–water partition coefficient (Wildman–Crippen LogP) is 2.08. The van der Waals surface area contributed by atoms with Crippen LogP contribution in [0, 0.1) is 20.8 Å². The van der Waals surface area contributed by atoms with E-state index in [1.807, 2.05) is 13.8 Å². The molecule has 0 radical (unpaired) electrons. The SMILES string of the molecule is CC(=O)N/N=C\c1c(C)cc(C)cc1C. The van der Waals surface area contributed by atoms with Crippen molar-refractivity contribution in [3.63, 3.8) is 0 Å². The van der Waals surface area contributed by atoms with Crippen LogP contribution in [-0.4, -0.2) is 12.1 Å². The van der Waals surface area contributed by atoms with Crippen LogP contribution < -0.4 is 5.43 Å². The molecule has 0 unspecified atom stereocenters. The largest absolute Gasteiger partial charge is 0.274 e. The summed E-state index contributed by atoms with van der Waals surface area (Å²) in [6.07, 6.45) is 1.69. The smallest absolute Gasteiger partial charge is 0.236 e. The number of rotatable bonds is 2. The summed E-state index contributed by atoms with van der Waals surface area (Å²) in [5.74, 6) is -0.159. The van der Waals surface area contributed by atoms with Gasteiger partial charge in [0.15, 0.2) is 0 Å². The Morgan fingerprint density at radius 2 is 1.80 bits per heavy atom. The molecule has 0 spiro atoms. The quantitative estimate of drug-likeness (QED) is 0.581. The number of benzene rings is 1. The Morgan fingerprint density at radius 3 is 2.27 bits per heavy atom. The van der Waals surface area contributed by atoms with E-state index in [1.165, 1.54) is 23.6 Å². The van der Waals surface area contributed by atoms with Crippen LogP contribution in [0.4, 0.5) is 0 Å². The van der Waals surface area contributed by atoms with Gasteiger partial charge in [0.25, 0.3) is 0 Å². The highest BCUT2D eigenvalue weighted by molar-refractivity contribution is 5.85. The summed E-state index contributed by atoms with van der Waals surface area (Å²) in [5, 5.41) is 3.87. The molecule has 3 heteroatoms. The number of hydrazone groups is 1. The van der Waals surface area contributed by atoms with Crippen molar-refractivity contribution in [3.05, 3.63) is 34.4 Å². The summed E-state index contributed by atoms with van der Waals surface area (Å²) in [7, 11) is 0. The Kier molecular flexibility index (Phi) is 3.61. The fourth-order valence-corrected chi connectivity index (χ4v) is 1.58. The number of hydrogen-bond acceptors (Lipinski definition) is 2. The first-order valence-electron chi connectivity index (χ1n) is 4.88. The van der Waals surface area contributed by atoms with Crippen LogP contribution in [0.15, 0.2) is 17.2 Å². The number of nitrogens with zero attached hydrogens (tertiary/aromatic N) is 1. The molecular weight excluding hydrogens is 188 g/mol. The number of amides is 1. The first-order valence-corrected chi connectivity index (χ1v) is 4.88. The Bertz CT molecular complexity index is 385. The lowest BCUT2D eigenvalue weighted by Crippen LogP contribution is -2.12. The van der Waals surface area contributed by atoms with Gasteiger partial charge < -0.3 is 0 Å². The fourth-order valence-electron chi connectivity index (χ4n) is 1.58. The van der Waals surface area contributed by atoms with E-state index in [4.69, 9.17) is 0 Å². The van der Waals surface area contributed by atoms with Crippen molar-refractivity contribution < 1.29 is 4.79 Å². The molecule has 0 fully saturated rings. The Hall–Kier alpha value is -1.64. The van der Waals surface area contributed by atoms with Crippen LogP contribution in [0.1, 0.15) is 29.2 Å². The van der Waals surface area contributed by atoms with E-state index in [9.17, 15) is 4.79 Å².